The molecule has 4 heteroatoms. The Bertz CT molecular complexity index is 885. The van der Waals surface area contributed by atoms with E-state index in [1.54, 1.807) is 0 Å². The lowest BCUT2D eigenvalue weighted by Crippen LogP contribution is -2.40. The van der Waals surface area contributed by atoms with Crippen molar-refractivity contribution < 1.29 is 9.59 Å². The number of piperidine rings is 1. The maximum atomic E-state index is 12.8. The molecule has 2 aromatic rings. The lowest BCUT2D eigenvalue weighted by molar-refractivity contribution is -0.135. The zero-order chi connectivity index (χ0) is 20.4. The minimum Gasteiger partial charge on any atom is -0.342 e. The van der Waals surface area contributed by atoms with Crippen LogP contribution in [0.4, 0.5) is 5.69 Å². The third kappa shape index (κ3) is 4.69. The zero-order valence-electron chi connectivity index (χ0n) is 17.4. The van der Waals surface area contributed by atoms with E-state index in [0.29, 0.717) is 12.3 Å². The van der Waals surface area contributed by atoms with Gasteiger partial charge in [0.1, 0.15) is 0 Å². The first-order valence-corrected chi connectivity index (χ1v) is 10.7. The van der Waals surface area contributed by atoms with Gasteiger partial charge in [-0.3, -0.25) is 9.59 Å². The summed E-state index contributed by atoms with van der Waals surface area (Å²) in [4.78, 5) is 27.4. The molecule has 1 aliphatic heterocycles. The highest BCUT2D eigenvalue weighted by atomic mass is 16.2. The highest BCUT2D eigenvalue weighted by Gasteiger charge is 2.49. The van der Waals surface area contributed by atoms with Gasteiger partial charge in [0.25, 0.3) is 0 Å². The first kappa shape index (κ1) is 19.7. The molecule has 1 saturated heterocycles. The Morgan fingerprint density at radius 1 is 0.966 bits per heavy atom. The summed E-state index contributed by atoms with van der Waals surface area (Å²) in [6.07, 6.45) is 3.87. The number of nitrogens with zero attached hydrogens (tertiary/aromatic N) is 1. The number of nitrogens with one attached hydrogen (secondary N) is 1. The molecule has 2 aliphatic rings. The SMILES string of the molecule is Cc1ccc(NC(=O)C2CC2C(=O)N2CCC(Cc3ccccc3)CC2)cc1C. The van der Waals surface area contributed by atoms with Crippen LogP contribution in [0.1, 0.15) is 36.0 Å². The number of hydrogen-bond donors (Lipinski definition) is 1. The minimum atomic E-state index is -0.175. The number of anilines is 1. The van der Waals surface area contributed by atoms with Gasteiger partial charge in [-0.05, 0) is 74.3 Å². The fourth-order valence-electron chi connectivity index (χ4n) is 4.35. The van der Waals surface area contributed by atoms with E-state index in [1.807, 2.05) is 36.1 Å². The summed E-state index contributed by atoms with van der Waals surface area (Å²) < 4.78 is 0. The predicted molar refractivity (Wildman–Crippen MR) is 116 cm³/mol. The molecule has 1 aliphatic carbocycles. The Hall–Kier alpha value is -2.62. The van der Waals surface area contributed by atoms with E-state index in [4.69, 9.17) is 0 Å². The fourth-order valence-corrected chi connectivity index (χ4v) is 4.35. The molecule has 1 N–H and O–H groups in total. The van der Waals surface area contributed by atoms with Crippen LogP contribution < -0.4 is 5.32 Å². The summed E-state index contributed by atoms with van der Waals surface area (Å²) in [5, 5.41) is 2.98. The number of benzene rings is 2. The van der Waals surface area contributed by atoms with Gasteiger partial charge in [-0.25, -0.2) is 0 Å². The molecule has 2 aromatic carbocycles. The molecule has 0 spiro atoms. The summed E-state index contributed by atoms with van der Waals surface area (Å²) in [5.41, 5.74) is 4.56. The van der Waals surface area contributed by atoms with E-state index in [0.717, 1.165) is 43.6 Å². The van der Waals surface area contributed by atoms with Crippen molar-refractivity contribution in [3.8, 4) is 0 Å². The van der Waals surface area contributed by atoms with Crippen molar-refractivity contribution in [3.05, 3.63) is 65.2 Å². The zero-order valence-corrected chi connectivity index (χ0v) is 17.4. The Labute approximate surface area is 173 Å². The van der Waals surface area contributed by atoms with Crippen LogP contribution in [0.15, 0.2) is 48.5 Å². The Kier molecular flexibility index (Phi) is 5.70. The van der Waals surface area contributed by atoms with E-state index in [2.05, 4.69) is 36.5 Å². The molecule has 2 amide bonds. The third-order valence-electron chi connectivity index (χ3n) is 6.51. The number of rotatable bonds is 5. The number of aryl methyl sites for hydroxylation is 2. The fraction of sp³-hybridized carbons (Fsp3) is 0.440. The van der Waals surface area contributed by atoms with E-state index < -0.39 is 0 Å². The molecule has 4 nitrogen and oxygen atoms in total. The topological polar surface area (TPSA) is 49.4 Å². The van der Waals surface area contributed by atoms with Crippen molar-refractivity contribution in [1.29, 1.82) is 0 Å². The molecule has 29 heavy (non-hydrogen) atoms. The average Bonchev–Trinajstić information content (AvgIpc) is 3.53. The predicted octanol–water partition coefficient (Wildman–Crippen LogP) is 4.36. The minimum absolute atomic E-state index is 0.0226. The van der Waals surface area contributed by atoms with Gasteiger partial charge in [0, 0.05) is 18.8 Å². The van der Waals surface area contributed by atoms with E-state index in [9.17, 15) is 9.59 Å². The first-order valence-electron chi connectivity index (χ1n) is 10.7. The molecule has 2 fully saturated rings. The number of carbonyl (C=O) groups excluding carboxylic acids is 2. The second-order valence-corrected chi connectivity index (χ2v) is 8.70. The average molecular weight is 391 g/mol. The van der Waals surface area contributed by atoms with Crippen molar-refractivity contribution in [2.24, 2.45) is 17.8 Å². The van der Waals surface area contributed by atoms with Gasteiger partial charge in [-0.1, -0.05) is 36.4 Å². The monoisotopic (exact) mass is 390 g/mol. The lowest BCUT2D eigenvalue weighted by Gasteiger charge is -2.32. The Morgan fingerprint density at radius 2 is 1.69 bits per heavy atom. The van der Waals surface area contributed by atoms with Crippen LogP contribution in [-0.4, -0.2) is 29.8 Å². The first-order chi connectivity index (χ1) is 14.0. The molecule has 0 bridgehead atoms. The summed E-state index contributed by atoms with van der Waals surface area (Å²) in [7, 11) is 0. The normalized spacial score (nSPS) is 21.7. The van der Waals surface area contributed by atoms with Crippen LogP contribution in [0.25, 0.3) is 0 Å². The van der Waals surface area contributed by atoms with Gasteiger partial charge < -0.3 is 10.2 Å². The van der Waals surface area contributed by atoms with Gasteiger partial charge in [-0.2, -0.15) is 0 Å². The summed E-state index contributed by atoms with van der Waals surface area (Å²) in [6.45, 7) is 5.73. The Morgan fingerprint density at radius 3 is 2.38 bits per heavy atom. The van der Waals surface area contributed by atoms with Crippen molar-refractivity contribution in [3.63, 3.8) is 0 Å². The quantitative estimate of drug-likeness (QED) is 0.825. The van der Waals surface area contributed by atoms with Crippen molar-refractivity contribution >= 4 is 17.5 Å². The van der Waals surface area contributed by atoms with E-state index in [1.165, 1.54) is 11.1 Å². The largest absolute Gasteiger partial charge is 0.342 e. The summed E-state index contributed by atoms with van der Waals surface area (Å²) in [6, 6.07) is 16.5. The molecule has 0 aromatic heterocycles. The van der Waals surface area contributed by atoms with Crippen LogP contribution in [0.5, 0.6) is 0 Å². The second-order valence-electron chi connectivity index (χ2n) is 8.70. The van der Waals surface area contributed by atoms with Crippen LogP contribution >= 0.6 is 0 Å². The molecule has 1 heterocycles. The van der Waals surface area contributed by atoms with Crippen LogP contribution in [0.3, 0.4) is 0 Å². The molecular formula is C25H30N2O2. The molecule has 152 valence electrons. The molecular weight excluding hydrogens is 360 g/mol. The van der Waals surface area contributed by atoms with Gasteiger partial charge in [0.05, 0.1) is 11.8 Å². The number of carbonyl (C=O) groups is 2. The van der Waals surface area contributed by atoms with Crippen molar-refractivity contribution in [2.75, 3.05) is 18.4 Å². The van der Waals surface area contributed by atoms with Gasteiger partial charge in [0.2, 0.25) is 11.8 Å². The van der Waals surface area contributed by atoms with Crippen LogP contribution in [-0.2, 0) is 16.0 Å². The maximum absolute atomic E-state index is 12.8. The molecule has 1 saturated carbocycles. The number of hydrogen-bond acceptors (Lipinski definition) is 2. The van der Waals surface area contributed by atoms with Crippen LogP contribution in [0, 0.1) is 31.6 Å². The summed E-state index contributed by atoms with van der Waals surface area (Å²) >= 11 is 0. The van der Waals surface area contributed by atoms with Crippen molar-refractivity contribution in [1.82, 2.24) is 4.90 Å². The molecule has 4 rings (SSSR count). The number of likely N-dealkylation sites (tertiary alicyclic amines) is 1. The number of amides is 2. The summed E-state index contributed by atoms with van der Waals surface area (Å²) in [5.74, 6) is 0.483. The van der Waals surface area contributed by atoms with Gasteiger partial charge in [-0.15, -0.1) is 0 Å². The smallest absolute Gasteiger partial charge is 0.228 e. The van der Waals surface area contributed by atoms with Crippen LogP contribution in [0.2, 0.25) is 0 Å². The van der Waals surface area contributed by atoms with E-state index in [-0.39, 0.29) is 23.7 Å². The highest BCUT2D eigenvalue weighted by molar-refractivity contribution is 5.99. The van der Waals surface area contributed by atoms with E-state index >= 15 is 0 Å². The second kappa shape index (κ2) is 8.40. The molecule has 2 unspecified atom stereocenters. The molecule has 0 radical (unpaired) electrons. The molecule has 2 atom stereocenters. The standard InChI is InChI=1S/C25H30N2O2/c1-17-8-9-21(14-18(17)2)26-24(28)22-16-23(22)25(29)27-12-10-20(11-13-27)15-19-6-4-3-5-7-19/h3-9,14,20,22-23H,10-13,15-16H2,1-2H3,(H,26,28). The van der Waals surface area contributed by atoms with Crippen molar-refractivity contribution in [2.45, 2.75) is 39.5 Å². The van der Waals surface area contributed by atoms with Gasteiger partial charge >= 0.3 is 0 Å². The third-order valence-corrected chi connectivity index (χ3v) is 6.51. The lowest BCUT2D eigenvalue weighted by atomic mass is 9.90. The maximum Gasteiger partial charge on any atom is 0.228 e. The van der Waals surface area contributed by atoms with Gasteiger partial charge in [0.15, 0.2) is 0 Å². The Balaban J connectivity index is 1.25. The highest BCUT2D eigenvalue weighted by Crippen LogP contribution is 2.41.